The molecule has 30 heavy (non-hydrogen) atoms. The second kappa shape index (κ2) is 7.94. The molecule has 0 saturated carbocycles. The fraction of sp³-hybridized carbons (Fsp3) is 0.0435. The molecule has 4 rings (SSSR count). The number of halogens is 3. The smallest absolute Gasteiger partial charge is 0.300 e. The lowest BCUT2D eigenvalue weighted by atomic mass is 9.95. The van der Waals surface area contributed by atoms with Crippen LogP contribution in [0.3, 0.4) is 0 Å². The van der Waals surface area contributed by atoms with E-state index in [2.05, 4.69) is 0 Å². The summed E-state index contributed by atoms with van der Waals surface area (Å²) < 4.78 is 13.4. The Balaban J connectivity index is 1.96. The highest BCUT2D eigenvalue weighted by Crippen LogP contribution is 2.43. The molecular formula is C23H14Cl2FNO3. The number of hydrogen-bond donors (Lipinski definition) is 1. The van der Waals surface area contributed by atoms with Gasteiger partial charge in [0.1, 0.15) is 11.6 Å². The van der Waals surface area contributed by atoms with Crippen molar-refractivity contribution in [3.05, 3.63) is 105 Å². The standard InChI is InChI=1S/C23H14Cl2FNO3/c24-17-11-6-14(12-18(17)25)20-19(21(28)13-4-2-1-3-5-13)22(29)23(30)27(20)16-9-7-15(26)8-10-16/h1-12,20,28H/b21-19-. The van der Waals surface area contributed by atoms with Crippen molar-refractivity contribution in [1.82, 2.24) is 0 Å². The predicted octanol–water partition coefficient (Wildman–Crippen LogP) is 5.76. The van der Waals surface area contributed by atoms with E-state index in [-0.39, 0.29) is 16.4 Å². The molecule has 3 aromatic carbocycles. The van der Waals surface area contributed by atoms with Crippen molar-refractivity contribution in [2.75, 3.05) is 4.90 Å². The summed E-state index contributed by atoms with van der Waals surface area (Å²) in [6.45, 7) is 0. The SMILES string of the molecule is O=C1C(=O)N(c2ccc(F)cc2)C(c2ccc(Cl)c(Cl)c2)/C1=C(/O)c1ccccc1. The highest BCUT2D eigenvalue weighted by molar-refractivity contribution is 6.51. The van der Waals surface area contributed by atoms with Crippen LogP contribution in [0.2, 0.25) is 10.0 Å². The van der Waals surface area contributed by atoms with E-state index in [9.17, 15) is 19.1 Å². The van der Waals surface area contributed by atoms with Gasteiger partial charge in [0, 0.05) is 11.3 Å². The monoisotopic (exact) mass is 441 g/mol. The van der Waals surface area contributed by atoms with E-state index in [0.29, 0.717) is 21.8 Å². The third-order valence-corrected chi connectivity index (χ3v) is 5.59. The molecule has 0 aliphatic carbocycles. The summed E-state index contributed by atoms with van der Waals surface area (Å²) in [7, 11) is 0. The van der Waals surface area contributed by atoms with Crippen molar-refractivity contribution in [3.63, 3.8) is 0 Å². The number of hydrogen-bond acceptors (Lipinski definition) is 3. The zero-order valence-electron chi connectivity index (χ0n) is 15.4. The second-order valence-corrected chi connectivity index (χ2v) is 7.50. The number of benzene rings is 3. The van der Waals surface area contributed by atoms with Crippen LogP contribution in [-0.4, -0.2) is 16.8 Å². The van der Waals surface area contributed by atoms with E-state index in [0.717, 1.165) is 0 Å². The van der Waals surface area contributed by atoms with Crippen LogP contribution in [0.25, 0.3) is 5.76 Å². The van der Waals surface area contributed by atoms with Crippen LogP contribution < -0.4 is 4.90 Å². The molecule has 1 aliphatic heterocycles. The minimum atomic E-state index is -0.967. The maximum absolute atomic E-state index is 13.4. The van der Waals surface area contributed by atoms with Gasteiger partial charge < -0.3 is 5.11 Å². The number of aliphatic hydroxyl groups excluding tert-OH is 1. The van der Waals surface area contributed by atoms with Crippen LogP contribution >= 0.6 is 23.2 Å². The molecule has 0 bridgehead atoms. The first kappa shape index (κ1) is 20.1. The van der Waals surface area contributed by atoms with Gasteiger partial charge in [-0.05, 0) is 42.0 Å². The number of Topliss-reactive ketones (excluding diaryl/α,β-unsaturated/α-hetero) is 1. The Morgan fingerprint density at radius 3 is 2.20 bits per heavy atom. The van der Waals surface area contributed by atoms with E-state index >= 15 is 0 Å². The van der Waals surface area contributed by atoms with Gasteiger partial charge in [0.25, 0.3) is 11.7 Å². The van der Waals surface area contributed by atoms with Crippen LogP contribution in [0.5, 0.6) is 0 Å². The van der Waals surface area contributed by atoms with Crippen molar-refractivity contribution in [2.24, 2.45) is 0 Å². The lowest BCUT2D eigenvalue weighted by Crippen LogP contribution is -2.29. The zero-order valence-corrected chi connectivity index (χ0v) is 16.9. The fourth-order valence-electron chi connectivity index (χ4n) is 3.45. The predicted molar refractivity (Wildman–Crippen MR) is 114 cm³/mol. The number of ketones is 1. The summed E-state index contributed by atoms with van der Waals surface area (Å²) in [4.78, 5) is 27.1. The molecule has 0 aromatic heterocycles. The Labute approximate surface area is 181 Å². The minimum absolute atomic E-state index is 0.0890. The molecule has 3 aromatic rings. The summed E-state index contributed by atoms with van der Waals surface area (Å²) in [5.74, 6) is -2.48. The van der Waals surface area contributed by atoms with E-state index < -0.39 is 23.5 Å². The van der Waals surface area contributed by atoms with Gasteiger partial charge in [0.2, 0.25) is 0 Å². The molecular weight excluding hydrogens is 428 g/mol. The Morgan fingerprint density at radius 2 is 1.57 bits per heavy atom. The van der Waals surface area contributed by atoms with Gasteiger partial charge in [-0.15, -0.1) is 0 Å². The molecule has 1 heterocycles. The van der Waals surface area contributed by atoms with Gasteiger partial charge in [-0.3, -0.25) is 14.5 Å². The van der Waals surface area contributed by atoms with Crippen LogP contribution in [-0.2, 0) is 9.59 Å². The molecule has 1 saturated heterocycles. The van der Waals surface area contributed by atoms with E-state index in [1.165, 1.54) is 35.2 Å². The number of anilines is 1. The van der Waals surface area contributed by atoms with Crippen molar-refractivity contribution < 1.29 is 19.1 Å². The van der Waals surface area contributed by atoms with Gasteiger partial charge in [-0.1, -0.05) is 59.6 Å². The summed E-state index contributed by atoms with van der Waals surface area (Å²) in [6, 6.07) is 17.4. The maximum atomic E-state index is 13.4. The molecule has 1 N–H and O–H groups in total. The van der Waals surface area contributed by atoms with Gasteiger partial charge >= 0.3 is 0 Å². The van der Waals surface area contributed by atoms with Gasteiger partial charge in [0.15, 0.2) is 0 Å². The Morgan fingerprint density at radius 1 is 0.900 bits per heavy atom. The Hall–Kier alpha value is -3.15. The highest BCUT2D eigenvalue weighted by Gasteiger charge is 2.47. The highest BCUT2D eigenvalue weighted by atomic mass is 35.5. The first-order valence-corrected chi connectivity index (χ1v) is 9.71. The third-order valence-electron chi connectivity index (χ3n) is 4.86. The normalized spacial score (nSPS) is 18.1. The van der Waals surface area contributed by atoms with E-state index in [1.54, 1.807) is 42.5 Å². The van der Waals surface area contributed by atoms with Gasteiger partial charge in [0.05, 0.1) is 21.7 Å². The molecule has 7 heteroatoms. The number of rotatable bonds is 3. The van der Waals surface area contributed by atoms with E-state index in [1.807, 2.05) is 0 Å². The first-order chi connectivity index (χ1) is 14.4. The molecule has 0 radical (unpaired) electrons. The quantitative estimate of drug-likeness (QED) is 0.319. The topological polar surface area (TPSA) is 57.6 Å². The molecule has 1 amide bonds. The largest absolute Gasteiger partial charge is 0.507 e. The Bertz CT molecular complexity index is 1180. The lowest BCUT2D eigenvalue weighted by molar-refractivity contribution is -0.132. The summed E-state index contributed by atoms with van der Waals surface area (Å²) in [5, 5.41) is 11.5. The fourth-order valence-corrected chi connectivity index (χ4v) is 3.76. The molecule has 4 nitrogen and oxygen atoms in total. The van der Waals surface area contributed by atoms with Crippen molar-refractivity contribution in [2.45, 2.75) is 6.04 Å². The van der Waals surface area contributed by atoms with Crippen molar-refractivity contribution in [1.29, 1.82) is 0 Å². The molecule has 1 unspecified atom stereocenters. The lowest BCUT2D eigenvalue weighted by Gasteiger charge is -2.25. The van der Waals surface area contributed by atoms with Crippen molar-refractivity contribution in [3.8, 4) is 0 Å². The van der Waals surface area contributed by atoms with Crippen LogP contribution in [0.4, 0.5) is 10.1 Å². The summed E-state index contributed by atoms with van der Waals surface area (Å²) in [5.41, 5.74) is 1.08. The molecule has 150 valence electrons. The minimum Gasteiger partial charge on any atom is -0.507 e. The molecule has 1 atom stereocenters. The van der Waals surface area contributed by atoms with Gasteiger partial charge in [-0.25, -0.2) is 4.39 Å². The van der Waals surface area contributed by atoms with Crippen molar-refractivity contribution >= 4 is 46.3 Å². The molecule has 0 spiro atoms. The third kappa shape index (κ3) is 3.47. The molecule has 1 fully saturated rings. The van der Waals surface area contributed by atoms with E-state index in [4.69, 9.17) is 23.2 Å². The number of carbonyl (C=O) groups is 2. The summed E-state index contributed by atoms with van der Waals surface area (Å²) >= 11 is 12.2. The van der Waals surface area contributed by atoms with Crippen LogP contribution in [0.1, 0.15) is 17.2 Å². The number of aliphatic hydroxyl groups is 1. The maximum Gasteiger partial charge on any atom is 0.300 e. The number of nitrogens with zero attached hydrogens (tertiary/aromatic N) is 1. The average molecular weight is 442 g/mol. The Kier molecular flexibility index (Phi) is 5.33. The van der Waals surface area contributed by atoms with Crippen LogP contribution in [0, 0.1) is 5.82 Å². The summed E-state index contributed by atoms with van der Waals surface area (Å²) in [6.07, 6.45) is 0. The average Bonchev–Trinajstić information content (AvgIpc) is 3.02. The molecule has 1 aliphatic rings. The zero-order chi connectivity index (χ0) is 21.4. The number of carbonyl (C=O) groups excluding carboxylic acids is 2. The first-order valence-electron chi connectivity index (χ1n) is 8.95. The number of amides is 1. The second-order valence-electron chi connectivity index (χ2n) is 6.69. The van der Waals surface area contributed by atoms with Gasteiger partial charge in [-0.2, -0.15) is 0 Å². The van der Waals surface area contributed by atoms with Crippen LogP contribution in [0.15, 0.2) is 78.4 Å².